The highest BCUT2D eigenvalue weighted by Gasteiger charge is 2.52. The van der Waals surface area contributed by atoms with Crippen LogP contribution in [0.15, 0.2) is 11.6 Å². The number of allylic oxidation sites excluding steroid dienone is 1. The van der Waals surface area contributed by atoms with Crippen LogP contribution < -0.4 is 0 Å². The van der Waals surface area contributed by atoms with Crippen LogP contribution in [0.25, 0.3) is 0 Å². The average Bonchev–Trinajstić information content (AvgIpc) is 3.34. The van der Waals surface area contributed by atoms with Crippen molar-refractivity contribution >= 4 is 5.97 Å². The number of rotatable bonds is 9. The fourth-order valence-corrected chi connectivity index (χ4v) is 5.12. The summed E-state index contributed by atoms with van der Waals surface area (Å²) in [5.74, 6) is -0.690. The summed E-state index contributed by atoms with van der Waals surface area (Å²) < 4.78 is 28.0. The van der Waals surface area contributed by atoms with Gasteiger partial charge >= 0.3 is 5.97 Å². The van der Waals surface area contributed by atoms with Gasteiger partial charge in [0.2, 0.25) is 0 Å². The van der Waals surface area contributed by atoms with E-state index in [4.69, 9.17) is 23.7 Å². The van der Waals surface area contributed by atoms with Crippen LogP contribution in [0.5, 0.6) is 0 Å². The summed E-state index contributed by atoms with van der Waals surface area (Å²) in [4.78, 5) is 12.4. The Morgan fingerprint density at radius 1 is 1.11 bits per heavy atom. The van der Waals surface area contributed by atoms with E-state index in [0.29, 0.717) is 24.8 Å². The first-order valence-corrected chi connectivity index (χ1v) is 12.2. The molecule has 12 nitrogen and oxygen atoms in total. The third-order valence-corrected chi connectivity index (χ3v) is 7.29. The lowest BCUT2D eigenvalue weighted by molar-refractivity contribution is -0.322. The Kier molecular flexibility index (Phi) is 8.48. The second-order valence-electron chi connectivity index (χ2n) is 9.76. The molecular weight excluding hydrogens is 468 g/mol. The Hall–Kier alpha value is -1.19. The van der Waals surface area contributed by atoms with E-state index in [1.165, 1.54) is 0 Å². The van der Waals surface area contributed by atoms with E-state index < -0.39 is 61.4 Å². The van der Waals surface area contributed by atoms with Gasteiger partial charge in [-0.05, 0) is 19.3 Å². The van der Waals surface area contributed by atoms with Crippen molar-refractivity contribution in [3.63, 3.8) is 0 Å². The molecule has 200 valence electrons. The Balaban J connectivity index is 1.41. The van der Waals surface area contributed by atoms with Crippen LogP contribution in [-0.4, -0.2) is 117 Å². The maximum absolute atomic E-state index is 12.4. The van der Waals surface area contributed by atoms with Crippen molar-refractivity contribution < 1.29 is 59.1 Å². The SMILES string of the molecule is CCCCC1OC(=O)C2=CCCC(O[C@@H]3O[C@H](CO[C@@H]4OC[C@](O)(CO)[C@H]4O)[C@@H](O)[C@H](O)[C@H]3O)C21. The molecule has 3 saturated heterocycles. The monoisotopic (exact) mass is 504 g/mol. The Labute approximate surface area is 203 Å². The molecule has 3 aliphatic heterocycles. The fourth-order valence-electron chi connectivity index (χ4n) is 5.12. The number of hydrogen-bond acceptors (Lipinski definition) is 12. The van der Waals surface area contributed by atoms with Gasteiger partial charge in [0, 0.05) is 5.57 Å². The molecule has 0 spiro atoms. The summed E-state index contributed by atoms with van der Waals surface area (Å²) in [6.45, 7) is 0.592. The minimum Gasteiger partial charge on any atom is -0.458 e. The van der Waals surface area contributed by atoms with E-state index in [2.05, 4.69) is 0 Å². The summed E-state index contributed by atoms with van der Waals surface area (Å²) in [7, 11) is 0. The number of ether oxygens (including phenoxy) is 5. The lowest BCUT2D eigenvalue weighted by Gasteiger charge is -2.43. The maximum atomic E-state index is 12.4. The van der Waals surface area contributed by atoms with Gasteiger partial charge in [-0.3, -0.25) is 0 Å². The van der Waals surface area contributed by atoms with Gasteiger partial charge in [-0.1, -0.05) is 25.8 Å². The number of aliphatic hydroxyl groups excluding tert-OH is 5. The molecule has 12 heteroatoms. The van der Waals surface area contributed by atoms with Crippen LogP contribution in [0, 0.1) is 5.92 Å². The smallest absolute Gasteiger partial charge is 0.334 e. The number of cyclic esters (lactones) is 1. The Morgan fingerprint density at radius 3 is 2.57 bits per heavy atom. The number of carbonyl (C=O) groups excluding carboxylic acids is 1. The molecule has 3 heterocycles. The summed E-state index contributed by atoms with van der Waals surface area (Å²) in [5, 5.41) is 60.8. The highest BCUT2D eigenvalue weighted by Crippen LogP contribution is 2.41. The maximum Gasteiger partial charge on any atom is 0.334 e. The number of esters is 1. The topological polar surface area (TPSA) is 185 Å². The highest BCUT2D eigenvalue weighted by molar-refractivity contribution is 5.91. The minimum atomic E-state index is -1.88. The molecule has 0 amide bonds. The molecular formula is C23H36O12. The summed E-state index contributed by atoms with van der Waals surface area (Å²) in [5.41, 5.74) is -1.32. The van der Waals surface area contributed by atoms with Crippen LogP contribution in [0.4, 0.5) is 0 Å². The summed E-state index contributed by atoms with van der Waals surface area (Å²) in [6, 6.07) is 0. The first-order valence-electron chi connectivity index (χ1n) is 12.2. The van der Waals surface area contributed by atoms with Gasteiger partial charge < -0.3 is 54.3 Å². The lowest BCUT2D eigenvalue weighted by Crippen LogP contribution is -2.60. The number of hydrogen-bond donors (Lipinski definition) is 6. The molecule has 3 fully saturated rings. The van der Waals surface area contributed by atoms with Gasteiger partial charge in [-0.15, -0.1) is 0 Å². The minimum absolute atomic E-state index is 0.324. The molecule has 0 radical (unpaired) electrons. The van der Waals surface area contributed by atoms with Crippen molar-refractivity contribution in [1.29, 1.82) is 0 Å². The van der Waals surface area contributed by atoms with Gasteiger partial charge in [0.05, 0.1) is 31.8 Å². The van der Waals surface area contributed by atoms with Crippen molar-refractivity contribution in [3.8, 4) is 0 Å². The lowest BCUT2D eigenvalue weighted by atomic mass is 9.81. The van der Waals surface area contributed by atoms with Crippen molar-refractivity contribution in [3.05, 3.63) is 11.6 Å². The normalized spacial score (nSPS) is 45.8. The molecule has 0 aromatic carbocycles. The molecule has 6 N–H and O–H groups in total. The first-order chi connectivity index (χ1) is 16.7. The fraction of sp³-hybridized carbons (Fsp3) is 0.870. The van der Waals surface area contributed by atoms with E-state index in [1.54, 1.807) is 0 Å². The number of fused-ring (bicyclic) bond motifs is 1. The quantitative estimate of drug-likeness (QED) is 0.192. The van der Waals surface area contributed by atoms with Gasteiger partial charge in [0.15, 0.2) is 12.6 Å². The zero-order valence-electron chi connectivity index (χ0n) is 19.6. The highest BCUT2D eigenvalue weighted by atomic mass is 16.7. The molecule has 11 atom stereocenters. The molecule has 0 bridgehead atoms. The predicted octanol–water partition coefficient (Wildman–Crippen LogP) is -1.91. The first kappa shape index (κ1) is 26.9. The van der Waals surface area contributed by atoms with Crippen LogP contribution >= 0.6 is 0 Å². The molecule has 4 rings (SSSR count). The molecule has 3 unspecified atom stereocenters. The van der Waals surface area contributed by atoms with Gasteiger partial charge in [0.1, 0.15) is 42.2 Å². The van der Waals surface area contributed by atoms with Crippen molar-refractivity contribution in [1.82, 2.24) is 0 Å². The van der Waals surface area contributed by atoms with Crippen molar-refractivity contribution in [2.24, 2.45) is 5.92 Å². The zero-order valence-corrected chi connectivity index (χ0v) is 19.6. The van der Waals surface area contributed by atoms with E-state index in [9.17, 15) is 35.4 Å². The third-order valence-electron chi connectivity index (χ3n) is 7.29. The molecule has 1 aliphatic carbocycles. The number of carbonyl (C=O) groups is 1. The van der Waals surface area contributed by atoms with E-state index >= 15 is 0 Å². The van der Waals surface area contributed by atoms with E-state index in [1.807, 2.05) is 13.0 Å². The van der Waals surface area contributed by atoms with Crippen LogP contribution in [-0.2, 0) is 28.5 Å². The third kappa shape index (κ3) is 5.28. The van der Waals surface area contributed by atoms with E-state index in [-0.39, 0.29) is 31.2 Å². The van der Waals surface area contributed by atoms with Gasteiger partial charge in [0.25, 0.3) is 0 Å². The molecule has 0 aromatic heterocycles. The Morgan fingerprint density at radius 2 is 1.89 bits per heavy atom. The van der Waals surface area contributed by atoms with Crippen LogP contribution in [0.3, 0.4) is 0 Å². The van der Waals surface area contributed by atoms with Crippen molar-refractivity contribution in [2.75, 3.05) is 19.8 Å². The van der Waals surface area contributed by atoms with Crippen LogP contribution in [0.2, 0.25) is 0 Å². The summed E-state index contributed by atoms with van der Waals surface area (Å²) in [6.07, 6.45) is -5.38. The largest absolute Gasteiger partial charge is 0.458 e. The van der Waals surface area contributed by atoms with Crippen LogP contribution in [0.1, 0.15) is 39.0 Å². The molecule has 4 aliphatic rings. The average molecular weight is 505 g/mol. The Bertz CT molecular complexity index is 776. The standard InChI is InChI=1S/C23H36O12/c1-2-3-6-12-15-11(20(29)33-12)5-4-7-13(15)34-21-18(27)17(26)16(25)14(35-21)8-31-22-19(28)23(30,9-24)10-32-22/h5,12-19,21-22,24-28,30H,2-4,6-10H2,1H3/t12?,13?,14-,15?,16-,17+,18-,19+,21-,22-,23-/m1/s1. The summed E-state index contributed by atoms with van der Waals surface area (Å²) >= 11 is 0. The zero-order chi connectivity index (χ0) is 25.3. The predicted molar refractivity (Wildman–Crippen MR) is 116 cm³/mol. The van der Waals surface area contributed by atoms with Crippen molar-refractivity contribution in [2.45, 2.75) is 99.9 Å². The molecule has 0 aromatic rings. The second kappa shape index (κ2) is 11.1. The van der Waals surface area contributed by atoms with Gasteiger partial charge in [-0.2, -0.15) is 0 Å². The molecule has 35 heavy (non-hydrogen) atoms. The number of aliphatic hydroxyl groups is 6. The second-order valence-corrected chi connectivity index (χ2v) is 9.76. The van der Waals surface area contributed by atoms with Gasteiger partial charge in [-0.25, -0.2) is 4.79 Å². The van der Waals surface area contributed by atoms with E-state index in [0.717, 1.165) is 12.8 Å². The number of unbranched alkanes of at least 4 members (excludes halogenated alkanes) is 1. The molecule has 0 saturated carbocycles.